The van der Waals surface area contributed by atoms with Crippen molar-refractivity contribution < 1.29 is 0 Å². The zero-order valence-corrected chi connectivity index (χ0v) is 7.57. The number of rotatable bonds is 0. The van der Waals surface area contributed by atoms with Gasteiger partial charge < -0.3 is 0 Å². The molecule has 2 rings (SSSR count). The van der Waals surface area contributed by atoms with E-state index >= 15 is 0 Å². The first-order valence-corrected chi connectivity index (χ1v) is 4.27. The molecule has 0 saturated heterocycles. The monoisotopic (exact) mass is 167 g/mol. The first kappa shape index (κ1) is 6.79. The molecule has 0 aliphatic carbocycles. The van der Waals surface area contributed by atoms with Crippen LogP contribution in [0.2, 0.25) is 0 Å². The Morgan fingerprint density at radius 2 is 2.00 bits per heavy atom. The summed E-state index contributed by atoms with van der Waals surface area (Å²) in [5.41, 5.74) is 2.31. The van der Waals surface area contributed by atoms with Crippen LogP contribution in [-0.4, -0.2) is 15.0 Å². The average Bonchev–Trinajstić information content (AvgIpc) is 2.37. The lowest BCUT2D eigenvalue weighted by atomic mass is 10.3. The third-order valence-corrected chi connectivity index (χ3v) is 2.90. The molecule has 0 aromatic carbocycles. The molecule has 0 radical (unpaired) electrons. The van der Waals surface area contributed by atoms with Crippen molar-refractivity contribution in [2.75, 3.05) is 0 Å². The molecule has 4 heteroatoms. The second-order valence-corrected chi connectivity index (χ2v) is 3.83. The first-order valence-electron chi connectivity index (χ1n) is 3.45. The number of aromatic nitrogens is 3. The van der Waals surface area contributed by atoms with Crippen LogP contribution in [0.1, 0.15) is 10.4 Å². The number of nitrogens with zero attached hydrogens (tertiary/aromatic N) is 3. The molecule has 0 N–H and O–H groups in total. The topological polar surface area (TPSA) is 30.7 Å². The van der Waals surface area contributed by atoms with E-state index < -0.39 is 0 Å². The lowest BCUT2D eigenvalue weighted by Gasteiger charge is -1.85. The zero-order chi connectivity index (χ0) is 8.01. The van der Waals surface area contributed by atoms with Crippen molar-refractivity contribution in [3.05, 3.63) is 10.4 Å². The Labute approximate surface area is 68.6 Å². The fourth-order valence-corrected chi connectivity index (χ4v) is 2.07. The van der Waals surface area contributed by atoms with Gasteiger partial charge in [-0.15, -0.1) is 16.4 Å². The van der Waals surface area contributed by atoms with Crippen LogP contribution in [0.5, 0.6) is 0 Å². The molecular formula is C7H9N3S. The lowest BCUT2D eigenvalue weighted by molar-refractivity contribution is 0.665. The van der Waals surface area contributed by atoms with Gasteiger partial charge in [-0.2, -0.15) is 9.90 Å². The van der Waals surface area contributed by atoms with Crippen LogP contribution in [0, 0.1) is 13.8 Å². The van der Waals surface area contributed by atoms with Gasteiger partial charge in [0.05, 0.1) is 0 Å². The molecule has 0 aliphatic rings. The van der Waals surface area contributed by atoms with Crippen molar-refractivity contribution in [1.29, 1.82) is 0 Å². The van der Waals surface area contributed by atoms with Crippen LogP contribution in [0.25, 0.3) is 10.3 Å². The van der Waals surface area contributed by atoms with Gasteiger partial charge in [-0.3, -0.25) is 0 Å². The SMILES string of the molecule is Cc1sc2nn(C)nc2c1C. The number of hydrogen-bond donors (Lipinski definition) is 0. The Hall–Kier alpha value is -0.900. The van der Waals surface area contributed by atoms with Crippen molar-refractivity contribution in [3.8, 4) is 0 Å². The van der Waals surface area contributed by atoms with E-state index in [9.17, 15) is 0 Å². The highest BCUT2D eigenvalue weighted by molar-refractivity contribution is 7.18. The summed E-state index contributed by atoms with van der Waals surface area (Å²) >= 11 is 1.71. The predicted molar refractivity (Wildman–Crippen MR) is 45.9 cm³/mol. The molecule has 0 unspecified atom stereocenters. The van der Waals surface area contributed by atoms with E-state index in [4.69, 9.17) is 0 Å². The van der Waals surface area contributed by atoms with E-state index in [0.717, 1.165) is 10.3 Å². The third-order valence-electron chi connectivity index (χ3n) is 1.82. The minimum absolute atomic E-state index is 1.04. The molecule has 0 fully saturated rings. The van der Waals surface area contributed by atoms with Crippen molar-refractivity contribution in [3.63, 3.8) is 0 Å². The van der Waals surface area contributed by atoms with Gasteiger partial charge in [-0.25, -0.2) is 0 Å². The minimum Gasteiger partial charge on any atom is -0.186 e. The Balaban J connectivity index is 2.88. The third kappa shape index (κ3) is 0.860. The maximum Gasteiger partial charge on any atom is 0.166 e. The second kappa shape index (κ2) is 2.04. The Kier molecular flexibility index (Phi) is 1.26. The second-order valence-electron chi connectivity index (χ2n) is 2.63. The van der Waals surface area contributed by atoms with Gasteiger partial charge >= 0.3 is 0 Å². The van der Waals surface area contributed by atoms with Crippen molar-refractivity contribution in [1.82, 2.24) is 15.0 Å². The van der Waals surface area contributed by atoms with Crippen LogP contribution in [-0.2, 0) is 7.05 Å². The van der Waals surface area contributed by atoms with E-state index in [0.29, 0.717) is 0 Å². The quantitative estimate of drug-likeness (QED) is 0.597. The van der Waals surface area contributed by atoms with Crippen LogP contribution < -0.4 is 0 Å². The molecule has 0 atom stereocenters. The van der Waals surface area contributed by atoms with Gasteiger partial charge in [0.15, 0.2) is 4.83 Å². The van der Waals surface area contributed by atoms with E-state index in [1.54, 1.807) is 16.1 Å². The summed E-state index contributed by atoms with van der Waals surface area (Å²) in [5.74, 6) is 0. The Bertz CT molecular complexity index is 399. The summed E-state index contributed by atoms with van der Waals surface area (Å²) in [4.78, 5) is 3.98. The molecule has 2 heterocycles. The van der Waals surface area contributed by atoms with Gasteiger partial charge in [0.1, 0.15) is 5.52 Å². The molecule has 58 valence electrons. The molecule has 11 heavy (non-hydrogen) atoms. The molecule has 0 saturated carbocycles. The van der Waals surface area contributed by atoms with Gasteiger partial charge in [-0.05, 0) is 19.4 Å². The number of fused-ring (bicyclic) bond motifs is 1. The molecule has 0 spiro atoms. The molecule has 0 aliphatic heterocycles. The lowest BCUT2D eigenvalue weighted by Crippen LogP contribution is -1.91. The Morgan fingerprint density at radius 1 is 1.27 bits per heavy atom. The largest absolute Gasteiger partial charge is 0.186 e. The van der Waals surface area contributed by atoms with Crippen molar-refractivity contribution >= 4 is 21.7 Å². The van der Waals surface area contributed by atoms with Crippen molar-refractivity contribution in [2.24, 2.45) is 7.05 Å². The highest BCUT2D eigenvalue weighted by Gasteiger charge is 2.08. The van der Waals surface area contributed by atoms with Gasteiger partial charge in [-0.1, -0.05) is 0 Å². The summed E-state index contributed by atoms with van der Waals surface area (Å²) in [7, 11) is 1.85. The highest BCUT2D eigenvalue weighted by Crippen LogP contribution is 2.26. The highest BCUT2D eigenvalue weighted by atomic mass is 32.1. The molecule has 2 aromatic rings. The van der Waals surface area contributed by atoms with Gasteiger partial charge in [0.2, 0.25) is 0 Å². The summed E-state index contributed by atoms with van der Waals surface area (Å²) in [5, 5.41) is 8.47. The fraction of sp³-hybridized carbons (Fsp3) is 0.429. The van der Waals surface area contributed by atoms with Gasteiger partial charge in [0, 0.05) is 11.9 Å². The smallest absolute Gasteiger partial charge is 0.166 e. The summed E-state index contributed by atoms with van der Waals surface area (Å²) < 4.78 is 0. The summed E-state index contributed by atoms with van der Waals surface area (Å²) in [6.07, 6.45) is 0. The van der Waals surface area contributed by atoms with E-state index in [2.05, 4.69) is 24.0 Å². The fourth-order valence-electron chi connectivity index (χ4n) is 1.08. The number of hydrogen-bond acceptors (Lipinski definition) is 3. The predicted octanol–water partition coefficient (Wildman–Crippen LogP) is 1.65. The van der Waals surface area contributed by atoms with E-state index in [1.165, 1.54) is 10.4 Å². The normalized spacial score (nSPS) is 11.2. The standard InChI is InChI=1S/C7H9N3S/c1-4-5(2)11-7-6(4)8-10(3)9-7/h1-3H3. The molecule has 2 aromatic heterocycles. The molecular weight excluding hydrogens is 158 g/mol. The molecule has 0 amide bonds. The van der Waals surface area contributed by atoms with Crippen LogP contribution in [0.15, 0.2) is 0 Å². The number of thiophene rings is 1. The van der Waals surface area contributed by atoms with E-state index in [1.807, 2.05) is 7.05 Å². The maximum atomic E-state index is 4.25. The molecule has 0 bridgehead atoms. The Morgan fingerprint density at radius 3 is 2.64 bits per heavy atom. The van der Waals surface area contributed by atoms with Crippen LogP contribution in [0.3, 0.4) is 0 Å². The minimum atomic E-state index is 1.04. The van der Waals surface area contributed by atoms with E-state index in [-0.39, 0.29) is 0 Å². The zero-order valence-electron chi connectivity index (χ0n) is 6.75. The van der Waals surface area contributed by atoms with Crippen LogP contribution in [0.4, 0.5) is 0 Å². The first-order chi connectivity index (χ1) is 5.18. The van der Waals surface area contributed by atoms with Gasteiger partial charge in [0.25, 0.3) is 0 Å². The number of aryl methyl sites for hydroxylation is 3. The van der Waals surface area contributed by atoms with Crippen molar-refractivity contribution in [2.45, 2.75) is 13.8 Å². The average molecular weight is 167 g/mol. The molecule has 3 nitrogen and oxygen atoms in total. The maximum absolute atomic E-state index is 4.25. The van der Waals surface area contributed by atoms with Crippen LogP contribution >= 0.6 is 11.3 Å². The summed E-state index contributed by atoms with van der Waals surface area (Å²) in [6.45, 7) is 4.19. The summed E-state index contributed by atoms with van der Waals surface area (Å²) in [6, 6.07) is 0.